The smallest absolute Gasteiger partial charge is 0.220 e. The summed E-state index contributed by atoms with van der Waals surface area (Å²) in [4.78, 5) is 15.6. The molecule has 2 N–H and O–H groups in total. The molecule has 1 aromatic rings. The lowest BCUT2D eigenvalue weighted by molar-refractivity contribution is -0.121. The molecule has 1 heterocycles. The van der Waals surface area contributed by atoms with Crippen LogP contribution in [0.4, 0.5) is 0 Å². The summed E-state index contributed by atoms with van der Waals surface area (Å²) in [6.07, 6.45) is 6.24. The molecule has 0 bridgehead atoms. The SMILES string of the molecule is CC(CCCO)NC(=O)CCc1cccnc1. The van der Waals surface area contributed by atoms with Crippen molar-refractivity contribution in [3.8, 4) is 0 Å². The number of rotatable bonds is 7. The zero-order valence-corrected chi connectivity index (χ0v) is 10.2. The third kappa shape index (κ3) is 6.02. The lowest BCUT2D eigenvalue weighted by atomic mass is 10.1. The molecule has 4 heteroatoms. The van der Waals surface area contributed by atoms with E-state index >= 15 is 0 Å². The van der Waals surface area contributed by atoms with E-state index in [-0.39, 0.29) is 18.6 Å². The molecular formula is C13H20N2O2. The number of nitrogens with zero attached hydrogens (tertiary/aromatic N) is 1. The first-order valence-electron chi connectivity index (χ1n) is 6.01. The van der Waals surface area contributed by atoms with E-state index in [2.05, 4.69) is 10.3 Å². The summed E-state index contributed by atoms with van der Waals surface area (Å²) in [6, 6.07) is 3.97. The second kappa shape index (κ2) is 7.79. The van der Waals surface area contributed by atoms with Gasteiger partial charge in [0, 0.05) is 31.5 Å². The number of carbonyl (C=O) groups excluding carboxylic acids is 1. The van der Waals surface area contributed by atoms with Gasteiger partial charge in [-0.2, -0.15) is 0 Å². The van der Waals surface area contributed by atoms with Crippen molar-refractivity contribution in [3.63, 3.8) is 0 Å². The van der Waals surface area contributed by atoms with Crippen LogP contribution in [0.1, 0.15) is 31.7 Å². The highest BCUT2D eigenvalue weighted by atomic mass is 16.2. The highest BCUT2D eigenvalue weighted by molar-refractivity contribution is 5.76. The largest absolute Gasteiger partial charge is 0.396 e. The minimum Gasteiger partial charge on any atom is -0.396 e. The van der Waals surface area contributed by atoms with Gasteiger partial charge in [-0.3, -0.25) is 9.78 Å². The van der Waals surface area contributed by atoms with E-state index in [0.717, 1.165) is 18.4 Å². The molecule has 0 spiro atoms. The van der Waals surface area contributed by atoms with Crippen LogP contribution in [0, 0.1) is 0 Å². The summed E-state index contributed by atoms with van der Waals surface area (Å²) in [7, 11) is 0. The molecule has 4 nitrogen and oxygen atoms in total. The van der Waals surface area contributed by atoms with Crippen molar-refractivity contribution in [1.29, 1.82) is 0 Å². The van der Waals surface area contributed by atoms with E-state index in [0.29, 0.717) is 12.8 Å². The van der Waals surface area contributed by atoms with Crippen molar-refractivity contribution in [2.45, 2.75) is 38.6 Å². The van der Waals surface area contributed by atoms with Crippen LogP contribution in [0.15, 0.2) is 24.5 Å². The fraction of sp³-hybridized carbons (Fsp3) is 0.538. The predicted molar refractivity (Wildman–Crippen MR) is 66.5 cm³/mol. The number of hydrogen-bond acceptors (Lipinski definition) is 3. The Morgan fingerprint density at radius 2 is 2.41 bits per heavy atom. The fourth-order valence-electron chi connectivity index (χ4n) is 1.62. The van der Waals surface area contributed by atoms with Crippen LogP contribution in [-0.4, -0.2) is 28.6 Å². The molecule has 0 saturated carbocycles. The van der Waals surface area contributed by atoms with Crippen molar-refractivity contribution in [1.82, 2.24) is 10.3 Å². The van der Waals surface area contributed by atoms with Gasteiger partial charge in [-0.15, -0.1) is 0 Å². The van der Waals surface area contributed by atoms with Gasteiger partial charge in [0.25, 0.3) is 0 Å². The molecule has 1 amide bonds. The minimum absolute atomic E-state index is 0.0549. The standard InChI is InChI=1S/C13H20N2O2/c1-11(4-3-9-16)15-13(17)7-6-12-5-2-8-14-10-12/h2,5,8,10-11,16H,3-4,6-7,9H2,1H3,(H,15,17). The number of aliphatic hydroxyl groups is 1. The van der Waals surface area contributed by atoms with Gasteiger partial charge in [-0.25, -0.2) is 0 Å². The highest BCUT2D eigenvalue weighted by Gasteiger charge is 2.06. The summed E-state index contributed by atoms with van der Waals surface area (Å²) in [6.45, 7) is 2.13. The van der Waals surface area contributed by atoms with E-state index in [4.69, 9.17) is 5.11 Å². The van der Waals surface area contributed by atoms with Crippen LogP contribution < -0.4 is 5.32 Å². The summed E-state index contributed by atoms with van der Waals surface area (Å²) >= 11 is 0. The first kappa shape index (κ1) is 13.6. The van der Waals surface area contributed by atoms with Crippen LogP contribution in [0.5, 0.6) is 0 Å². The topological polar surface area (TPSA) is 62.2 Å². The van der Waals surface area contributed by atoms with Gasteiger partial charge in [0.1, 0.15) is 0 Å². The molecule has 1 rings (SSSR count). The van der Waals surface area contributed by atoms with Gasteiger partial charge in [-0.05, 0) is 37.8 Å². The Balaban J connectivity index is 2.21. The Morgan fingerprint density at radius 1 is 1.59 bits per heavy atom. The van der Waals surface area contributed by atoms with Crippen LogP contribution in [0.2, 0.25) is 0 Å². The maximum atomic E-state index is 11.6. The number of aromatic nitrogens is 1. The van der Waals surface area contributed by atoms with Gasteiger partial charge in [0.05, 0.1) is 0 Å². The zero-order chi connectivity index (χ0) is 12.5. The molecule has 0 radical (unpaired) electrons. The summed E-state index contributed by atoms with van der Waals surface area (Å²) in [5, 5.41) is 11.6. The third-order valence-electron chi connectivity index (χ3n) is 2.57. The molecule has 0 aliphatic rings. The minimum atomic E-state index is 0.0549. The predicted octanol–water partition coefficient (Wildman–Crippen LogP) is 1.29. The molecular weight excluding hydrogens is 216 g/mol. The molecule has 0 aliphatic heterocycles. The Hall–Kier alpha value is -1.42. The second-order valence-electron chi connectivity index (χ2n) is 4.20. The zero-order valence-electron chi connectivity index (χ0n) is 10.2. The van der Waals surface area contributed by atoms with E-state index in [1.54, 1.807) is 12.4 Å². The molecule has 1 aromatic heterocycles. The Kier molecular flexibility index (Phi) is 6.25. The van der Waals surface area contributed by atoms with Crippen molar-refractivity contribution in [3.05, 3.63) is 30.1 Å². The number of carbonyl (C=O) groups is 1. The van der Waals surface area contributed by atoms with E-state index in [9.17, 15) is 4.79 Å². The summed E-state index contributed by atoms with van der Waals surface area (Å²) in [5.74, 6) is 0.0549. The van der Waals surface area contributed by atoms with Gasteiger partial charge in [0.15, 0.2) is 0 Å². The number of pyridine rings is 1. The summed E-state index contributed by atoms with van der Waals surface area (Å²) in [5.41, 5.74) is 1.07. The molecule has 17 heavy (non-hydrogen) atoms. The monoisotopic (exact) mass is 236 g/mol. The normalized spacial score (nSPS) is 12.1. The average Bonchev–Trinajstić information content (AvgIpc) is 2.35. The number of amides is 1. The first-order chi connectivity index (χ1) is 8.22. The molecule has 1 unspecified atom stereocenters. The maximum absolute atomic E-state index is 11.6. The number of nitrogens with one attached hydrogen (secondary N) is 1. The maximum Gasteiger partial charge on any atom is 0.220 e. The second-order valence-corrected chi connectivity index (χ2v) is 4.20. The van der Waals surface area contributed by atoms with Crippen molar-refractivity contribution < 1.29 is 9.90 Å². The Labute approximate surface area is 102 Å². The lowest BCUT2D eigenvalue weighted by Crippen LogP contribution is -2.32. The average molecular weight is 236 g/mol. The number of aryl methyl sites for hydroxylation is 1. The molecule has 94 valence electrons. The van der Waals surface area contributed by atoms with Gasteiger partial charge in [0.2, 0.25) is 5.91 Å². The van der Waals surface area contributed by atoms with Crippen LogP contribution in [0.3, 0.4) is 0 Å². The van der Waals surface area contributed by atoms with Crippen LogP contribution >= 0.6 is 0 Å². The molecule has 0 aliphatic carbocycles. The first-order valence-corrected chi connectivity index (χ1v) is 6.01. The third-order valence-corrected chi connectivity index (χ3v) is 2.57. The molecule has 0 saturated heterocycles. The fourth-order valence-corrected chi connectivity index (χ4v) is 1.62. The van der Waals surface area contributed by atoms with Gasteiger partial charge < -0.3 is 10.4 Å². The number of aliphatic hydroxyl groups excluding tert-OH is 1. The Bertz CT molecular complexity index is 327. The molecule has 0 aromatic carbocycles. The summed E-state index contributed by atoms with van der Waals surface area (Å²) < 4.78 is 0. The quantitative estimate of drug-likeness (QED) is 0.750. The van der Waals surface area contributed by atoms with Crippen LogP contribution in [0.25, 0.3) is 0 Å². The van der Waals surface area contributed by atoms with Crippen molar-refractivity contribution >= 4 is 5.91 Å². The van der Waals surface area contributed by atoms with Gasteiger partial charge in [-0.1, -0.05) is 6.07 Å². The van der Waals surface area contributed by atoms with Gasteiger partial charge >= 0.3 is 0 Å². The Morgan fingerprint density at radius 3 is 3.06 bits per heavy atom. The van der Waals surface area contributed by atoms with E-state index in [1.165, 1.54) is 0 Å². The lowest BCUT2D eigenvalue weighted by Gasteiger charge is -2.12. The van der Waals surface area contributed by atoms with E-state index in [1.807, 2.05) is 19.1 Å². The van der Waals surface area contributed by atoms with Crippen molar-refractivity contribution in [2.24, 2.45) is 0 Å². The van der Waals surface area contributed by atoms with Crippen LogP contribution in [-0.2, 0) is 11.2 Å². The highest BCUT2D eigenvalue weighted by Crippen LogP contribution is 2.01. The molecule has 0 fully saturated rings. The van der Waals surface area contributed by atoms with Crippen molar-refractivity contribution in [2.75, 3.05) is 6.61 Å². The molecule has 1 atom stereocenters. The van der Waals surface area contributed by atoms with E-state index < -0.39 is 0 Å². The number of hydrogen-bond donors (Lipinski definition) is 2.